The minimum atomic E-state index is -0.571. The van der Waals surface area contributed by atoms with E-state index in [1.54, 1.807) is 11.9 Å². The number of hydrogen-bond acceptors (Lipinski definition) is 3. The molecule has 1 amide bonds. The Bertz CT molecular complexity index is 1210. The van der Waals surface area contributed by atoms with E-state index < -0.39 is 17.2 Å². The van der Waals surface area contributed by atoms with Gasteiger partial charge in [0, 0.05) is 20.1 Å². The van der Waals surface area contributed by atoms with Crippen molar-refractivity contribution in [2.45, 2.75) is 13.1 Å². The maximum absolute atomic E-state index is 13.8. The Kier molecular flexibility index (Phi) is 5.39. The monoisotopic (exact) mass is 401 g/mol. The van der Waals surface area contributed by atoms with Crippen LogP contribution in [-0.2, 0) is 20.1 Å². The molecule has 0 aliphatic rings. The summed E-state index contributed by atoms with van der Waals surface area (Å²) in [6.45, 7) is 0.640. The molecule has 0 saturated heterocycles. The third-order valence-electron chi connectivity index (χ3n) is 4.94. The predicted octanol–water partition coefficient (Wildman–Crippen LogP) is 3.92. The van der Waals surface area contributed by atoms with Crippen molar-refractivity contribution in [1.82, 2.24) is 14.7 Å². The molecule has 6 heteroatoms. The third kappa shape index (κ3) is 3.98. The van der Waals surface area contributed by atoms with Crippen molar-refractivity contribution >= 4 is 16.8 Å². The van der Waals surface area contributed by atoms with Crippen LogP contribution < -0.4 is 5.43 Å². The normalized spacial score (nSPS) is 10.9. The number of halogens is 1. The number of aromatic nitrogens is 2. The molecule has 1 heterocycles. The minimum Gasteiger partial charge on any atom is -0.328 e. The Morgan fingerprint density at radius 1 is 0.933 bits per heavy atom. The van der Waals surface area contributed by atoms with Gasteiger partial charge in [-0.15, -0.1) is 0 Å². The summed E-state index contributed by atoms with van der Waals surface area (Å²) in [4.78, 5) is 28.0. The molecule has 30 heavy (non-hydrogen) atoms. The molecule has 0 spiro atoms. The van der Waals surface area contributed by atoms with Crippen LogP contribution in [0.25, 0.3) is 10.9 Å². The van der Waals surface area contributed by atoms with Crippen LogP contribution >= 0.6 is 0 Å². The van der Waals surface area contributed by atoms with E-state index in [-0.39, 0.29) is 11.1 Å². The van der Waals surface area contributed by atoms with Crippen LogP contribution in [0, 0.1) is 5.82 Å². The van der Waals surface area contributed by atoms with E-state index in [2.05, 4.69) is 5.10 Å². The first-order chi connectivity index (χ1) is 14.5. The maximum atomic E-state index is 13.8. The molecule has 150 valence electrons. The molecule has 0 fully saturated rings. The second-order valence-electron chi connectivity index (χ2n) is 7.10. The van der Waals surface area contributed by atoms with Gasteiger partial charge in [-0.1, -0.05) is 60.7 Å². The minimum absolute atomic E-state index is 0.134. The molecule has 0 radical (unpaired) electrons. The zero-order valence-electron chi connectivity index (χ0n) is 16.5. The fraction of sp³-hybridized carbons (Fsp3) is 0.125. The number of fused-ring (bicyclic) bond motifs is 1. The fourth-order valence-electron chi connectivity index (χ4n) is 3.45. The number of aryl methyl sites for hydroxylation is 1. The molecule has 0 bridgehead atoms. The van der Waals surface area contributed by atoms with Crippen molar-refractivity contribution in [3.63, 3.8) is 0 Å². The highest BCUT2D eigenvalue weighted by atomic mass is 19.1. The molecule has 0 unspecified atom stereocenters. The van der Waals surface area contributed by atoms with Crippen LogP contribution in [0.3, 0.4) is 0 Å². The maximum Gasteiger partial charge on any atom is 0.279 e. The molecule has 5 nitrogen and oxygen atoms in total. The van der Waals surface area contributed by atoms with E-state index in [0.717, 1.165) is 17.2 Å². The number of carbonyl (C=O) groups excluding carboxylic acids is 1. The van der Waals surface area contributed by atoms with Gasteiger partial charge in [0.1, 0.15) is 5.82 Å². The Labute approximate surface area is 173 Å². The largest absolute Gasteiger partial charge is 0.328 e. The molecular formula is C24H20FN3O2. The number of benzene rings is 3. The highest BCUT2D eigenvalue weighted by Crippen LogP contribution is 2.15. The summed E-state index contributed by atoms with van der Waals surface area (Å²) >= 11 is 0. The van der Waals surface area contributed by atoms with Crippen molar-refractivity contribution in [2.75, 3.05) is 0 Å². The van der Waals surface area contributed by atoms with Gasteiger partial charge in [0.15, 0.2) is 5.69 Å². The zero-order valence-corrected chi connectivity index (χ0v) is 16.5. The molecule has 4 rings (SSSR count). The highest BCUT2D eigenvalue weighted by Gasteiger charge is 2.23. The summed E-state index contributed by atoms with van der Waals surface area (Å²) in [5, 5.41) is 4.36. The van der Waals surface area contributed by atoms with E-state index in [1.807, 2.05) is 60.7 Å². The number of amides is 1. The average molecular weight is 401 g/mol. The third-order valence-corrected chi connectivity index (χ3v) is 4.94. The van der Waals surface area contributed by atoms with Crippen LogP contribution in [-0.4, -0.2) is 20.6 Å². The summed E-state index contributed by atoms with van der Waals surface area (Å²) in [7, 11) is 1.63. The molecule has 0 N–H and O–H groups in total. The quantitative estimate of drug-likeness (QED) is 0.509. The fourth-order valence-corrected chi connectivity index (χ4v) is 3.45. The van der Waals surface area contributed by atoms with Gasteiger partial charge in [0.25, 0.3) is 5.91 Å². The summed E-state index contributed by atoms with van der Waals surface area (Å²) in [5.74, 6) is -1.02. The molecule has 3 aromatic carbocycles. The van der Waals surface area contributed by atoms with Gasteiger partial charge < -0.3 is 4.90 Å². The lowest BCUT2D eigenvalue weighted by Gasteiger charge is -2.23. The average Bonchev–Trinajstić information content (AvgIpc) is 2.76. The van der Waals surface area contributed by atoms with E-state index >= 15 is 0 Å². The predicted molar refractivity (Wildman–Crippen MR) is 113 cm³/mol. The van der Waals surface area contributed by atoms with Crippen molar-refractivity contribution < 1.29 is 9.18 Å². The van der Waals surface area contributed by atoms with Gasteiger partial charge in [0.2, 0.25) is 5.43 Å². The lowest BCUT2D eigenvalue weighted by molar-refractivity contribution is 0.0720. The number of carbonyl (C=O) groups is 1. The first-order valence-electron chi connectivity index (χ1n) is 9.56. The van der Waals surface area contributed by atoms with Crippen LogP contribution in [0.4, 0.5) is 4.39 Å². The lowest BCUT2D eigenvalue weighted by atomic mass is 10.1. The van der Waals surface area contributed by atoms with Crippen molar-refractivity contribution in [3.8, 4) is 0 Å². The Hall–Kier alpha value is -3.80. The van der Waals surface area contributed by atoms with Gasteiger partial charge >= 0.3 is 0 Å². The molecule has 0 atom stereocenters. The van der Waals surface area contributed by atoms with E-state index in [1.165, 1.54) is 16.8 Å². The van der Waals surface area contributed by atoms with Crippen molar-refractivity contribution in [3.05, 3.63) is 112 Å². The smallest absolute Gasteiger partial charge is 0.279 e. The Morgan fingerprint density at radius 3 is 2.07 bits per heavy atom. The Morgan fingerprint density at radius 2 is 1.50 bits per heavy atom. The second kappa shape index (κ2) is 8.29. The van der Waals surface area contributed by atoms with E-state index in [4.69, 9.17) is 0 Å². The Balaban J connectivity index is 1.77. The van der Waals surface area contributed by atoms with Gasteiger partial charge in [0.05, 0.1) is 10.9 Å². The summed E-state index contributed by atoms with van der Waals surface area (Å²) in [5.41, 5.74) is 1.55. The van der Waals surface area contributed by atoms with Crippen molar-refractivity contribution in [2.24, 2.45) is 7.05 Å². The van der Waals surface area contributed by atoms with Gasteiger partial charge in [-0.25, -0.2) is 4.39 Å². The van der Waals surface area contributed by atoms with E-state index in [0.29, 0.717) is 18.6 Å². The molecule has 0 saturated carbocycles. The highest BCUT2D eigenvalue weighted by molar-refractivity contribution is 5.95. The summed E-state index contributed by atoms with van der Waals surface area (Å²) in [6, 6.07) is 23.0. The van der Waals surface area contributed by atoms with Gasteiger partial charge in [-0.05, 0) is 29.3 Å². The number of hydrogen-bond donors (Lipinski definition) is 0. The SMILES string of the molecule is Cn1nc(C(=O)N(Cc2ccccc2)Cc2ccccc2)c(=O)c2cc(F)ccc21. The van der Waals surface area contributed by atoms with Gasteiger partial charge in [-0.3, -0.25) is 14.3 Å². The van der Waals surface area contributed by atoms with Crippen LogP contribution in [0.2, 0.25) is 0 Å². The lowest BCUT2D eigenvalue weighted by Crippen LogP contribution is -2.35. The molecular weight excluding hydrogens is 381 g/mol. The van der Waals surface area contributed by atoms with Crippen LogP contribution in [0.5, 0.6) is 0 Å². The summed E-state index contributed by atoms with van der Waals surface area (Å²) < 4.78 is 15.2. The van der Waals surface area contributed by atoms with Crippen LogP contribution in [0.1, 0.15) is 21.6 Å². The zero-order chi connectivity index (χ0) is 21.1. The molecule has 0 aliphatic heterocycles. The second-order valence-corrected chi connectivity index (χ2v) is 7.10. The standard InChI is InChI=1S/C24H20FN3O2/c1-27-21-13-12-19(25)14-20(21)23(29)22(26-27)24(30)28(15-17-8-4-2-5-9-17)16-18-10-6-3-7-11-18/h2-14H,15-16H2,1H3. The first-order valence-corrected chi connectivity index (χ1v) is 9.56. The number of nitrogens with zero attached hydrogens (tertiary/aromatic N) is 3. The van der Waals surface area contributed by atoms with E-state index in [9.17, 15) is 14.0 Å². The molecule has 4 aromatic rings. The van der Waals surface area contributed by atoms with Gasteiger partial charge in [-0.2, -0.15) is 5.10 Å². The topological polar surface area (TPSA) is 55.2 Å². The molecule has 1 aromatic heterocycles. The first kappa shape index (κ1) is 19.5. The molecule has 0 aliphatic carbocycles. The van der Waals surface area contributed by atoms with Crippen molar-refractivity contribution in [1.29, 1.82) is 0 Å². The number of rotatable bonds is 5. The summed E-state index contributed by atoms with van der Waals surface area (Å²) in [6.07, 6.45) is 0. The van der Waals surface area contributed by atoms with Crippen LogP contribution in [0.15, 0.2) is 83.7 Å².